The number of amides is 2. The Morgan fingerprint density at radius 3 is 2.32 bits per heavy atom. The van der Waals surface area contributed by atoms with Crippen LogP contribution in [0.2, 0.25) is 10.3 Å². The Labute approximate surface area is 229 Å². The minimum atomic E-state index is -0.684. The fourth-order valence-corrected chi connectivity index (χ4v) is 4.45. The summed E-state index contributed by atoms with van der Waals surface area (Å²) in [6.45, 7) is 0.382. The standard InChI is InChI=1S/C26H28Cl2N4O6/c27-24-25(28)32(15-29-24)13-20-12-21(17-6-4-16(14-33)5-7-17)38-26(37-20)18-8-10-19(11-9-18)30-22(34)2-1-3-23(35)31-36/h4-11,15,20-21,26,33,36H,1-3,12-14H2,(H,30,34)(H,31,35)/t20-,21+,26+/m1/s1. The SMILES string of the molecule is O=C(CCCC(=O)Nc1ccc([C@H]2O[C@@H](Cn3cnc(Cl)c3Cl)C[C@@H](c3ccc(CO)cc3)O2)cc1)NO. The van der Waals surface area contributed by atoms with Crippen molar-refractivity contribution in [2.45, 2.75) is 57.3 Å². The third-order valence-corrected chi connectivity index (χ3v) is 6.92. The second-order valence-corrected chi connectivity index (χ2v) is 9.60. The van der Waals surface area contributed by atoms with Crippen molar-refractivity contribution in [3.63, 3.8) is 0 Å². The lowest BCUT2D eigenvalue weighted by Gasteiger charge is -2.36. The van der Waals surface area contributed by atoms with Gasteiger partial charge in [0.2, 0.25) is 11.8 Å². The van der Waals surface area contributed by atoms with Crippen LogP contribution in [0.1, 0.15) is 54.8 Å². The lowest BCUT2D eigenvalue weighted by atomic mass is 10.00. The normalized spacial score (nSPS) is 19.2. The summed E-state index contributed by atoms with van der Waals surface area (Å²) in [7, 11) is 0. The molecule has 0 bridgehead atoms. The van der Waals surface area contributed by atoms with Crippen molar-refractivity contribution < 1.29 is 29.4 Å². The van der Waals surface area contributed by atoms with E-state index in [-0.39, 0.29) is 42.7 Å². The first kappa shape index (κ1) is 28.0. The number of carbonyl (C=O) groups is 2. The zero-order valence-corrected chi connectivity index (χ0v) is 21.9. The van der Waals surface area contributed by atoms with Gasteiger partial charge in [-0.25, -0.2) is 10.5 Å². The number of aliphatic hydroxyl groups excluding tert-OH is 1. The molecule has 12 heteroatoms. The first-order chi connectivity index (χ1) is 18.4. The van der Waals surface area contributed by atoms with E-state index in [1.54, 1.807) is 28.5 Å². The van der Waals surface area contributed by atoms with Crippen molar-refractivity contribution >= 4 is 40.7 Å². The summed E-state index contributed by atoms with van der Waals surface area (Å²) in [5.41, 5.74) is 4.66. The second-order valence-electron chi connectivity index (χ2n) is 8.89. The summed E-state index contributed by atoms with van der Waals surface area (Å²) in [5.74, 6) is -0.773. The van der Waals surface area contributed by atoms with Crippen molar-refractivity contribution in [3.05, 3.63) is 81.9 Å². The minimum Gasteiger partial charge on any atom is -0.392 e. The maximum Gasteiger partial charge on any atom is 0.243 e. The van der Waals surface area contributed by atoms with Crippen molar-refractivity contribution in [2.24, 2.45) is 0 Å². The van der Waals surface area contributed by atoms with E-state index in [9.17, 15) is 14.7 Å². The second kappa shape index (κ2) is 13.2. The number of nitrogens with zero attached hydrogens (tertiary/aromatic N) is 2. The molecule has 202 valence electrons. The first-order valence-electron chi connectivity index (χ1n) is 12.1. The largest absolute Gasteiger partial charge is 0.392 e. The predicted octanol–water partition coefficient (Wildman–Crippen LogP) is 4.54. The molecule has 0 saturated carbocycles. The summed E-state index contributed by atoms with van der Waals surface area (Å²) < 4.78 is 14.3. The molecule has 1 saturated heterocycles. The van der Waals surface area contributed by atoms with Gasteiger partial charge in [-0.1, -0.05) is 59.6 Å². The van der Waals surface area contributed by atoms with Gasteiger partial charge in [0.05, 0.1) is 31.7 Å². The van der Waals surface area contributed by atoms with E-state index in [2.05, 4.69) is 10.3 Å². The Morgan fingerprint density at radius 2 is 1.68 bits per heavy atom. The highest BCUT2D eigenvalue weighted by Gasteiger charge is 2.33. The Balaban J connectivity index is 1.46. The molecule has 1 aromatic heterocycles. The summed E-state index contributed by atoms with van der Waals surface area (Å²) in [4.78, 5) is 27.3. The van der Waals surface area contributed by atoms with Crippen LogP contribution in [0.15, 0.2) is 54.9 Å². The number of hydrogen-bond donors (Lipinski definition) is 4. The molecule has 3 aromatic rings. The number of aliphatic hydroxyl groups is 1. The third kappa shape index (κ3) is 7.31. The molecule has 0 spiro atoms. The first-order valence-corrected chi connectivity index (χ1v) is 12.8. The Hall–Kier alpha value is -2.99. The molecule has 2 aromatic carbocycles. The number of carbonyl (C=O) groups excluding carboxylic acids is 2. The van der Waals surface area contributed by atoms with Gasteiger partial charge >= 0.3 is 0 Å². The maximum absolute atomic E-state index is 12.2. The van der Waals surface area contributed by atoms with Gasteiger partial charge in [-0.2, -0.15) is 0 Å². The number of rotatable bonds is 10. The number of benzene rings is 2. The smallest absolute Gasteiger partial charge is 0.243 e. The van der Waals surface area contributed by atoms with Gasteiger partial charge in [0.25, 0.3) is 0 Å². The Morgan fingerprint density at radius 1 is 1.00 bits per heavy atom. The number of hydroxylamine groups is 1. The van der Waals surface area contributed by atoms with Crippen molar-refractivity contribution in [3.8, 4) is 0 Å². The number of hydrogen-bond acceptors (Lipinski definition) is 7. The zero-order valence-electron chi connectivity index (χ0n) is 20.3. The average Bonchev–Trinajstić information content (AvgIpc) is 3.25. The molecular weight excluding hydrogens is 535 g/mol. The number of anilines is 1. The summed E-state index contributed by atoms with van der Waals surface area (Å²) in [6, 6.07) is 14.7. The van der Waals surface area contributed by atoms with Crippen LogP contribution in [0.5, 0.6) is 0 Å². The van der Waals surface area contributed by atoms with E-state index in [4.69, 9.17) is 37.9 Å². The van der Waals surface area contributed by atoms with E-state index in [1.807, 2.05) is 36.4 Å². The van der Waals surface area contributed by atoms with E-state index < -0.39 is 12.2 Å². The number of ether oxygens (including phenoxy) is 2. The van der Waals surface area contributed by atoms with Crippen LogP contribution in [-0.4, -0.2) is 37.8 Å². The molecule has 0 aliphatic carbocycles. The van der Waals surface area contributed by atoms with E-state index in [0.717, 1.165) is 16.7 Å². The lowest BCUT2D eigenvalue weighted by molar-refractivity contribution is -0.252. The average molecular weight is 563 g/mol. The predicted molar refractivity (Wildman–Crippen MR) is 140 cm³/mol. The molecule has 3 atom stereocenters. The maximum atomic E-state index is 12.2. The summed E-state index contributed by atoms with van der Waals surface area (Å²) in [6.07, 6.45) is 1.41. The van der Waals surface area contributed by atoms with Crippen LogP contribution >= 0.6 is 23.2 Å². The molecule has 38 heavy (non-hydrogen) atoms. The molecule has 2 heterocycles. The molecule has 1 aliphatic rings. The number of nitrogens with one attached hydrogen (secondary N) is 2. The highest BCUT2D eigenvalue weighted by molar-refractivity contribution is 6.40. The molecule has 1 fully saturated rings. The van der Waals surface area contributed by atoms with E-state index in [1.165, 1.54) is 0 Å². The molecule has 2 amide bonds. The fourth-order valence-electron chi connectivity index (χ4n) is 4.13. The molecular formula is C26H28Cl2N4O6. The summed E-state index contributed by atoms with van der Waals surface area (Å²) >= 11 is 12.3. The van der Waals surface area contributed by atoms with Gasteiger partial charge in [-0.15, -0.1) is 0 Å². The van der Waals surface area contributed by atoms with Gasteiger partial charge in [0.15, 0.2) is 11.4 Å². The number of halogens is 2. The monoisotopic (exact) mass is 562 g/mol. The lowest BCUT2D eigenvalue weighted by Crippen LogP contribution is -2.32. The molecule has 4 N–H and O–H groups in total. The zero-order chi connectivity index (χ0) is 27.1. The van der Waals surface area contributed by atoms with Crippen molar-refractivity contribution in [1.29, 1.82) is 0 Å². The van der Waals surface area contributed by atoms with Crippen molar-refractivity contribution in [2.75, 3.05) is 5.32 Å². The molecule has 4 rings (SSSR count). The van der Waals surface area contributed by atoms with E-state index >= 15 is 0 Å². The van der Waals surface area contributed by atoms with Gasteiger partial charge < -0.3 is 24.5 Å². The molecule has 10 nitrogen and oxygen atoms in total. The Kier molecular flexibility index (Phi) is 9.73. The van der Waals surface area contributed by atoms with Crippen molar-refractivity contribution in [1.82, 2.24) is 15.0 Å². The molecule has 1 aliphatic heterocycles. The van der Waals surface area contributed by atoms with E-state index in [0.29, 0.717) is 30.2 Å². The van der Waals surface area contributed by atoms with Crippen LogP contribution in [-0.2, 0) is 32.2 Å². The van der Waals surface area contributed by atoms with Gasteiger partial charge in [0.1, 0.15) is 5.15 Å². The van der Waals surface area contributed by atoms with Gasteiger partial charge in [0, 0.05) is 30.5 Å². The van der Waals surface area contributed by atoms with Crippen LogP contribution in [0.4, 0.5) is 5.69 Å². The van der Waals surface area contributed by atoms with Crippen LogP contribution in [0, 0.1) is 0 Å². The Bertz CT molecular complexity index is 1240. The fraction of sp³-hybridized carbons (Fsp3) is 0.346. The van der Waals surface area contributed by atoms with Crippen LogP contribution in [0.3, 0.4) is 0 Å². The van der Waals surface area contributed by atoms with Crippen LogP contribution in [0.25, 0.3) is 0 Å². The molecule has 0 unspecified atom stereocenters. The number of imidazole rings is 1. The van der Waals surface area contributed by atoms with Gasteiger partial charge in [-0.05, 0) is 29.7 Å². The number of aromatic nitrogens is 2. The highest BCUT2D eigenvalue weighted by Crippen LogP contribution is 2.39. The van der Waals surface area contributed by atoms with Gasteiger partial charge in [-0.3, -0.25) is 14.8 Å². The highest BCUT2D eigenvalue weighted by atomic mass is 35.5. The van der Waals surface area contributed by atoms with Crippen LogP contribution < -0.4 is 10.8 Å². The quantitative estimate of drug-likeness (QED) is 0.210. The topological polar surface area (TPSA) is 135 Å². The molecule has 0 radical (unpaired) electrons. The minimum absolute atomic E-state index is 0.0407. The third-order valence-electron chi connectivity index (χ3n) is 6.15. The summed E-state index contributed by atoms with van der Waals surface area (Å²) in [5, 5.41) is 21.3.